The first-order valence-electron chi connectivity index (χ1n) is 8.58. The predicted octanol–water partition coefficient (Wildman–Crippen LogP) is 4.99. The molecule has 0 atom stereocenters. The predicted molar refractivity (Wildman–Crippen MR) is 108 cm³/mol. The first kappa shape index (κ1) is 21.4. The van der Waals surface area contributed by atoms with Gasteiger partial charge in [-0.25, -0.2) is 0 Å². The second kappa shape index (κ2) is 8.58. The molecule has 0 aliphatic carbocycles. The van der Waals surface area contributed by atoms with Crippen molar-refractivity contribution < 1.29 is 22.8 Å². The summed E-state index contributed by atoms with van der Waals surface area (Å²) in [6.07, 6.45) is -2.27. The molecule has 3 aromatic rings. The number of carbonyl (C=O) groups is 1. The Kier molecular flexibility index (Phi) is 6.12. The highest BCUT2D eigenvalue weighted by Crippen LogP contribution is 2.33. The third kappa shape index (κ3) is 4.62. The van der Waals surface area contributed by atoms with Crippen molar-refractivity contribution in [3.05, 3.63) is 70.5 Å². The Balaban J connectivity index is 1.95. The zero-order chi connectivity index (χ0) is 21.9. The summed E-state index contributed by atoms with van der Waals surface area (Å²) in [6.45, 7) is 0. The fourth-order valence-electron chi connectivity index (χ4n) is 2.81. The van der Waals surface area contributed by atoms with Crippen LogP contribution in [-0.2, 0) is 18.1 Å². The molecule has 0 spiro atoms. The highest BCUT2D eigenvalue weighted by molar-refractivity contribution is 6.33. The third-order valence-corrected chi connectivity index (χ3v) is 4.45. The summed E-state index contributed by atoms with van der Waals surface area (Å²) in [5.41, 5.74) is 0.379. The van der Waals surface area contributed by atoms with E-state index in [0.29, 0.717) is 27.4 Å². The van der Waals surface area contributed by atoms with E-state index in [4.69, 9.17) is 11.6 Å². The van der Waals surface area contributed by atoms with Crippen LogP contribution >= 0.6 is 11.6 Å². The molecule has 0 aliphatic rings. The molecule has 0 radical (unpaired) electrons. The van der Waals surface area contributed by atoms with E-state index in [-0.39, 0.29) is 0 Å². The summed E-state index contributed by atoms with van der Waals surface area (Å²) in [4.78, 5) is 17.2. The molecule has 1 amide bonds. The Bertz CT molecular complexity index is 1110. The maximum atomic E-state index is 13.2. The van der Waals surface area contributed by atoms with Crippen molar-refractivity contribution in [1.29, 1.82) is 0 Å². The van der Waals surface area contributed by atoms with Gasteiger partial charge in [-0.1, -0.05) is 47.1 Å². The maximum absolute atomic E-state index is 13.2. The van der Waals surface area contributed by atoms with Crippen LogP contribution in [0.25, 0.3) is 11.1 Å². The number of para-hydroxylation sites is 1. The fraction of sp³-hybridized carbons (Fsp3) is 0.150. The average Bonchev–Trinajstić information content (AvgIpc) is 3.10. The van der Waals surface area contributed by atoms with Gasteiger partial charge in [0.05, 0.1) is 16.8 Å². The van der Waals surface area contributed by atoms with E-state index in [0.717, 1.165) is 10.9 Å². The van der Waals surface area contributed by atoms with E-state index in [1.807, 2.05) is 0 Å². The Labute approximate surface area is 174 Å². The van der Waals surface area contributed by atoms with Gasteiger partial charge < -0.3 is 10.2 Å². The van der Waals surface area contributed by atoms with Crippen molar-refractivity contribution in [1.82, 2.24) is 9.78 Å². The molecular formula is C20H16ClF3N4O2. The number of aryl methyl sites for hydroxylation is 1. The first-order valence-corrected chi connectivity index (χ1v) is 8.96. The Morgan fingerprint density at radius 3 is 2.67 bits per heavy atom. The number of oxime groups is 1. The molecule has 0 unspecified atom stereocenters. The minimum absolute atomic E-state index is 0.328. The molecule has 2 aromatic carbocycles. The van der Waals surface area contributed by atoms with E-state index >= 15 is 0 Å². The van der Waals surface area contributed by atoms with Crippen LogP contribution in [0.5, 0.6) is 0 Å². The first-order chi connectivity index (χ1) is 14.2. The Hall–Kier alpha value is -3.33. The molecule has 0 fully saturated rings. The van der Waals surface area contributed by atoms with Crippen LogP contribution in [0.15, 0.2) is 53.8 Å². The smallest absolute Gasteiger partial charge is 0.399 e. The van der Waals surface area contributed by atoms with Gasteiger partial charge in [0.15, 0.2) is 5.69 Å². The Morgan fingerprint density at radius 2 is 2.00 bits per heavy atom. The van der Waals surface area contributed by atoms with Gasteiger partial charge in [0, 0.05) is 30.1 Å². The number of amides is 1. The van der Waals surface area contributed by atoms with E-state index in [2.05, 4.69) is 20.4 Å². The lowest BCUT2D eigenvalue weighted by molar-refractivity contribution is -0.141. The van der Waals surface area contributed by atoms with Gasteiger partial charge in [-0.3, -0.25) is 9.48 Å². The van der Waals surface area contributed by atoms with Crippen LogP contribution in [0.4, 0.5) is 18.9 Å². The largest absolute Gasteiger partial charge is 0.435 e. The lowest BCUT2D eigenvalue weighted by Gasteiger charge is -2.12. The molecule has 0 bridgehead atoms. The second-order valence-corrected chi connectivity index (χ2v) is 6.62. The van der Waals surface area contributed by atoms with Gasteiger partial charge in [-0.15, -0.1) is 0 Å². The number of benzene rings is 2. The van der Waals surface area contributed by atoms with Crippen molar-refractivity contribution in [2.24, 2.45) is 12.2 Å². The third-order valence-electron chi connectivity index (χ3n) is 4.13. The SMILES string of the molecule is CON=Cc1ccc(-c2ccccc2NC(=O)c2cn(C)nc2C(F)(F)F)cc1Cl. The molecule has 1 N–H and O–H groups in total. The standard InChI is InChI=1S/C20H16ClF3N4O2/c1-28-11-15(18(27-28)20(22,23)24)19(29)26-17-6-4-3-5-14(17)12-7-8-13(10-25-30-2)16(21)9-12/h3-11H,1-2H3,(H,26,29). The number of anilines is 1. The van der Waals surface area contributed by atoms with E-state index in [9.17, 15) is 18.0 Å². The quantitative estimate of drug-likeness (QED) is 0.452. The molecule has 1 aromatic heterocycles. The normalized spacial score (nSPS) is 11.7. The van der Waals surface area contributed by atoms with Crippen LogP contribution < -0.4 is 5.32 Å². The van der Waals surface area contributed by atoms with Crippen LogP contribution in [0.2, 0.25) is 5.02 Å². The number of hydrogen-bond acceptors (Lipinski definition) is 4. The topological polar surface area (TPSA) is 68.5 Å². The number of carbonyl (C=O) groups excluding carboxylic acids is 1. The summed E-state index contributed by atoms with van der Waals surface area (Å²) in [6, 6.07) is 11.8. The number of halogens is 4. The zero-order valence-corrected chi connectivity index (χ0v) is 16.6. The number of nitrogens with zero attached hydrogens (tertiary/aromatic N) is 3. The molecule has 1 heterocycles. The lowest BCUT2D eigenvalue weighted by atomic mass is 10.0. The number of hydrogen-bond donors (Lipinski definition) is 1. The number of aromatic nitrogens is 2. The molecule has 10 heteroatoms. The number of rotatable bonds is 5. The fourth-order valence-corrected chi connectivity index (χ4v) is 3.04. The highest BCUT2D eigenvalue weighted by atomic mass is 35.5. The number of nitrogens with one attached hydrogen (secondary N) is 1. The van der Waals surface area contributed by atoms with Gasteiger partial charge in [-0.05, 0) is 17.7 Å². The van der Waals surface area contributed by atoms with Crippen molar-refractivity contribution in [3.63, 3.8) is 0 Å². The highest BCUT2D eigenvalue weighted by Gasteiger charge is 2.39. The van der Waals surface area contributed by atoms with Crippen LogP contribution in [0.3, 0.4) is 0 Å². The minimum atomic E-state index is -4.75. The summed E-state index contributed by atoms with van der Waals surface area (Å²) in [5, 5.41) is 9.95. The Morgan fingerprint density at radius 1 is 1.27 bits per heavy atom. The molecule has 30 heavy (non-hydrogen) atoms. The van der Waals surface area contributed by atoms with Crippen molar-refractivity contribution in [2.45, 2.75) is 6.18 Å². The van der Waals surface area contributed by atoms with Crippen molar-refractivity contribution in [3.8, 4) is 11.1 Å². The average molecular weight is 437 g/mol. The summed E-state index contributed by atoms with van der Waals surface area (Å²) >= 11 is 6.27. The zero-order valence-electron chi connectivity index (χ0n) is 15.9. The van der Waals surface area contributed by atoms with Gasteiger partial charge in [0.25, 0.3) is 5.91 Å². The minimum Gasteiger partial charge on any atom is -0.399 e. The molecular weight excluding hydrogens is 421 g/mol. The summed E-state index contributed by atoms with van der Waals surface area (Å²) < 4.78 is 40.5. The van der Waals surface area contributed by atoms with Gasteiger partial charge >= 0.3 is 6.18 Å². The molecule has 156 valence electrons. The van der Waals surface area contributed by atoms with Crippen LogP contribution in [-0.4, -0.2) is 29.0 Å². The molecule has 0 saturated carbocycles. The lowest BCUT2D eigenvalue weighted by Crippen LogP contribution is -2.18. The van der Waals surface area contributed by atoms with E-state index in [1.54, 1.807) is 42.5 Å². The van der Waals surface area contributed by atoms with Crippen molar-refractivity contribution in [2.75, 3.05) is 12.4 Å². The molecule has 0 aliphatic heterocycles. The van der Waals surface area contributed by atoms with Crippen LogP contribution in [0.1, 0.15) is 21.6 Å². The van der Waals surface area contributed by atoms with E-state index in [1.165, 1.54) is 20.4 Å². The molecule has 3 rings (SSSR count). The second-order valence-electron chi connectivity index (χ2n) is 6.22. The van der Waals surface area contributed by atoms with Gasteiger partial charge in [0.2, 0.25) is 0 Å². The molecule has 0 saturated heterocycles. The van der Waals surface area contributed by atoms with Crippen molar-refractivity contribution >= 4 is 29.4 Å². The summed E-state index contributed by atoms with van der Waals surface area (Å²) in [5.74, 6) is -0.919. The van der Waals surface area contributed by atoms with Crippen LogP contribution in [0, 0.1) is 0 Å². The number of alkyl halides is 3. The maximum Gasteiger partial charge on any atom is 0.435 e. The van der Waals surface area contributed by atoms with E-state index < -0.39 is 23.3 Å². The van der Waals surface area contributed by atoms with Gasteiger partial charge in [0.1, 0.15) is 7.11 Å². The summed E-state index contributed by atoms with van der Waals surface area (Å²) in [7, 11) is 2.72. The monoisotopic (exact) mass is 436 g/mol. The molecule has 6 nitrogen and oxygen atoms in total. The van der Waals surface area contributed by atoms with Gasteiger partial charge in [-0.2, -0.15) is 18.3 Å².